The molecule has 3 heterocycles. The summed E-state index contributed by atoms with van der Waals surface area (Å²) in [6, 6.07) is 12.5. The Labute approximate surface area is 225 Å². The summed E-state index contributed by atoms with van der Waals surface area (Å²) in [5.41, 5.74) is 1.43. The van der Waals surface area contributed by atoms with Gasteiger partial charge in [0.2, 0.25) is 12.3 Å². The smallest absolute Gasteiger partial charge is 0.409 e. The van der Waals surface area contributed by atoms with Crippen molar-refractivity contribution >= 4 is 29.4 Å². The number of benzene rings is 1. The van der Waals surface area contributed by atoms with Crippen LogP contribution in [0.5, 0.6) is 0 Å². The van der Waals surface area contributed by atoms with Gasteiger partial charge in [-0.05, 0) is 42.7 Å². The van der Waals surface area contributed by atoms with Crippen LogP contribution in [0.25, 0.3) is 0 Å². The number of carbonyl (C=O) groups excluding carboxylic acids is 2. The Kier molecular flexibility index (Phi) is 9.00. The van der Waals surface area contributed by atoms with Crippen molar-refractivity contribution in [2.45, 2.75) is 37.6 Å². The third kappa shape index (κ3) is 6.51. The van der Waals surface area contributed by atoms with Crippen LogP contribution < -0.4 is 4.90 Å². The van der Waals surface area contributed by atoms with Gasteiger partial charge in [-0.2, -0.15) is 5.26 Å². The average molecular weight is 546 g/mol. The molecular formula is C27H30ClF2N5O3. The minimum Gasteiger partial charge on any atom is -0.449 e. The second-order valence-electron chi connectivity index (χ2n) is 9.65. The number of likely N-dealkylation sites (tertiary alicyclic amines) is 1. The molecular weight excluding hydrogens is 516 g/mol. The first kappa shape index (κ1) is 27.6. The van der Waals surface area contributed by atoms with Crippen LogP contribution in [0.2, 0.25) is 5.02 Å². The first-order valence-electron chi connectivity index (χ1n) is 12.6. The fourth-order valence-electron chi connectivity index (χ4n) is 5.12. The van der Waals surface area contributed by atoms with Crippen molar-refractivity contribution in [1.82, 2.24) is 14.8 Å². The SMILES string of the molecule is CN(C(=O)OCCC(F)F)[C@@H]1CN(C(=O)C2CCN(c3ccc(C#N)cn3)CC2)C[C@H]1c1ccc(Cl)cc1. The van der Waals surface area contributed by atoms with E-state index in [4.69, 9.17) is 21.6 Å². The molecule has 0 radical (unpaired) electrons. The lowest BCUT2D eigenvalue weighted by molar-refractivity contribution is -0.135. The van der Waals surface area contributed by atoms with Crippen LogP contribution in [0.15, 0.2) is 42.6 Å². The summed E-state index contributed by atoms with van der Waals surface area (Å²) in [5, 5.41) is 9.56. The zero-order chi connectivity index (χ0) is 27.2. The summed E-state index contributed by atoms with van der Waals surface area (Å²) < 4.78 is 30.1. The predicted octanol–water partition coefficient (Wildman–Crippen LogP) is 4.54. The zero-order valence-electron chi connectivity index (χ0n) is 21.1. The second kappa shape index (κ2) is 12.4. The number of carbonyl (C=O) groups is 2. The summed E-state index contributed by atoms with van der Waals surface area (Å²) >= 11 is 6.07. The molecule has 202 valence electrons. The Hall–Kier alpha value is -3.45. The maximum Gasteiger partial charge on any atom is 0.409 e. The van der Waals surface area contributed by atoms with Crippen LogP contribution in [0.4, 0.5) is 19.4 Å². The van der Waals surface area contributed by atoms with E-state index in [1.165, 1.54) is 4.90 Å². The van der Waals surface area contributed by atoms with Crippen LogP contribution in [0.1, 0.15) is 36.3 Å². The first-order valence-corrected chi connectivity index (χ1v) is 13.0. The standard InChI is InChI=1S/C27H30ClF2N5O3/c1-33(27(37)38-13-10-24(29)30)23-17-35(16-22(23)19-3-5-21(28)6-4-19)26(36)20-8-11-34(12-9-20)25-7-2-18(14-31)15-32-25/h2-7,15,20,22-24H,8-13,16-17H2,1H3/t22-,23+/m0/s1. The van der Waals surface area contributed by atoms with Crippen LogP contribution >= 0.6 is 11.6 Å². The Balaban J connectivity index is 1.42. The molecule has 2 saturated heterocycles. The fourth-order valence-corrected chi connectivity index (χ4v) is 5.25. The van der Waals surface area contributed by atoms with E-state index in [2.05, 4.69) is 16.0 Å². The number of rotatable bonds is 7. The highest BCUT2D eigenvalue weighted by Gasteiger charge is 2.42. The average Bonchev–Trinajstić information content (AvgIpc) is 3.38. The van der Waals surface area contributed by atoms with Gasteiger partial charge in [-0.1, -0.05) is 23.7 Å². The van der Waals surface area contributed by atoms with Crippen molar-refractivity contribution in [2.24, 2.45) is 5.92 Å². The van der Waals surface area contributed by atoms with Crippen LogP contribution in [-0.2, 0) is 9.53 Å². The number of halogens is 3. The number of ether oxygens (including phenoxy) is 1. The predicted molar refractivity (Wildman–Crippen MR) is 138 cm³/mol. The Morgan fingerprint density at radius 2 is 1.89 bits per heavy atom. The molecule has 2 aliphatic heterocycles. The van der Waals surface area contributed by atoms with E-state index >= 15 is 0 Å². The molecule has 2 aromatic rings. The summed E-state index contributed by atoms with van der Waals surface area (Å²) in [5.74, 6) is 0.494. The molecule has 1 aromatic carbocycles. The first-order chi connectivity index (χ1) is 18.3. The number of nitrogens with zero attached hydrogens (tertiary/aromatic N) is 5. The van der Waals surface area contributed by atoms with Gasteiger partial charge in [0.1, 0.15) is 11.9 Å². The number of pyridine rings is 1. The van der Waals surface area contributed by atoms with Crippen molar-refractivity contribution in [2.75, 3.05) is 44.7 Å². The minimum atomic E-state index is -2.55. The third-order valence-corrected chi connectivity index (χ3v) is 7.54. The second-order valence-corrected chi connectivity index (χ2v) is 10.1. The van der Waals surface area contributed by atoms with Crippen molar-refractivity contribution in [3.8, 4) is 6.07 Å². The molecule has 2 aliphatic rings. The van der Waals surface area contributed by atoms with E-state index in [1.54, 1.807) is 36.3 Å². The van der Waals surface area contributed by atoms with Gasteiger partial charge >= 0.3 is 6.09 Å². The quantitative estimate of drug-likeness (QED) is 0.507. The summed E-state index contributed by atoms with van der Waals surface area (Å²) in [7, 11) is 1.58. The summed E-state index contributed by atoms with van der Waals surface area (Å²) in [6.45, 7) is 1.72. The lowest BCUT2D eigenvalue weighted by Crippen LogP contribution is -2.44. The molecule has 38 heavy (non-hydrogen) atoms. The number of aromatic nitrogens is 1. The number of anilines is 1. The Bertz CT molecular complexity index is 1150. The van der Waals surface area contributed by atoms with Crippen molar-refractivity contribution < 1.29 is 23.1 Å². The van der Waals surface area contributed by atoms with E-state index < -0.39 is 18.9 Å². The lowest BCUT2D eigenvalue weighted by atomic mass is 9.93. The number of nitriles is 1. The van der Waals surface area contributed by atoms with Gasteiger partial charge in [-0.3, -0.25) is 4.79 Å². The summed E-state index contributed by atoms with van der Waals surface area (Å²) in [6.07, 6.45) is -0.882. The normalized spacial score (nSPS) is 19.9. The molecule has 0 saturated carbocycles. The molecule has 0 spiro atoms. The van der Waals surface area contributed by atoms with Crippen molar-refractivity contribution in [1.29, 1.82) is 5.26 Å². The monoisotopic (exact) mass is 545 g/mol. The van der Waals surface area contributed by atoms with Gasteiger partial charge in [-0.25, -0.2) is 18.6 Å². The molecule has 0 bridgehead atoms. The zero-order valence-corrected chi connectivity index (χ0v) is 21.9. The number of amides is 2. The summed E-state index contributed by atoms with van der Waals surface area (Å²) in [4.78, 5) is 35.9. The molecule has 11 heteroatoms. The molecule has 2 fully saturated rings. The Morgan fingerprint density at radius 3 is 2.50 bits per heavy atom. The molecule has 0 N–H and O–H groups in total. The number of hydrogen-bond acceptors (Lipinski definition) is 6. The van der Waals surface area contributed by atoms with Gasteiger partial charge in [0.25, 0.3) is 0 Å². The highest BCUT2D eigenvalue weighted by atomic mass is 35.5. The molecule has 2 atom stereocenters. The molecule has 4 rings (SSSR count). The lowest BCUT2D eigenvalue weighted by Gasteiger charge is -2.34. The highest BCUT2D eigenvalue weighted by Crippen LogP contribution is 2.34. The van der Waals surface area contributed by atoms with E-state index in [0.717, 1.165) is 11.4 Å². The van der Waals surface area contributed by atoms with E-state index in [-0.39, 0.29) is 30.4 Å². The molecule has 0 aliphatic carbocycles. The van der Waals surface area contributed by atoms with Crippen LogP contribution in [0, 0.1) is 17.2 Å². The van der Waals surface area contributed by atoms with Gasteiger partial charge in [0, 0.05) is 62.7 Å². The molecule has 0 unspecified atom stereocenters. The van der Waals surface area contributed by atoms with E-state index in [0.29, 0.717) is 49.6 Å². The topological polar surface area (TPSA) is 89.8 Å². The fraction of sp³-hybridized carbons (Fsp3) is 0.481. The number of likely N-dealkylation sites (N-methyl/N-ethyl adjacent to an activating group) is 1. The van der Waals surface area contributed by atoms with Gasteiger partial charge in [0.05, 0.1) is 18.2 Å². The third-order valence-electron chi connectivity index (χ3n) is 7.29. The molecule has 8 nitrogen and oxygen atoms in total. The number of alkyl halides is 2. The van der Waals surface area contributed by atoms with Gasteiger partial charge in [0.15, 0.2) is 0 Å². The minimum absolute atomic E-state index is 0.0402. The van der Waals surface area contributed by atoms with Gasteiger partial charge < -0.3 is 19.4 Å². The van der Waals surface area contributed by atoms with Crippen LogP contribution in [0.3, 0.4) is 0 Å². The largest absolute Gasteiger partial charge is 0.449 e. The number of piperidine rings is 1. The van der Waals surface area contributed by atoms with Crippen molar-refractivity contribution in [3.05, 3.63) is 58.7 Å². The molecule has 2 amide bonds. The number of hydrogen-bond donors (Lipinski definition) is 0. The van der Waals surface area contributed by atoms with E-state index in [1.807, 2.05) is 18.2 Å². The van der Waals surface area contributed by atoms with Gasteiger partial charge in [-0.15, -0.1) is 0 Å². The highest BCUT2D eigenvalue weighted by molar-refractivity contribution is 6.30. The van der Waals surface area contributed by atoms with E-state index in [9.17, 15) is 18.4 Å². The van der Waals surface area contributed by atoms with Crippen molar-refractivity contribution in [3.63, 3.8) is 0 Å². The maximum atomic E-state index is 13.6. The Morgan fingerprint density at radius 1 is 1.18 bits per heavy atom. The maximum absolute atomic E-state index is 13.6. The van der Waals surface area contributed by atoms with Crippen LogP contribution in [-0.4, -0.2) is 79.1 Å². The molecule has 1 aromatic heterocycles.